The van der Waals surface area contributed by atoms with Crippen molar-refractivity contribution in [2.24, 2.45) is 0 Å². The maximum Gasteiger partial charge on any atom is 0.234 e. The molecule has 0 unspecified atom stereocenters. The van der Waals surface area contributed by atoms with Crippen LogP contribution in [0.15, 0.2) is 28.7 Å². The molecule has 5 heteroatoms. The molecular formula is C12H17BrN2O2. The largest absolute Gasteiger partial charge is 0.383 e. The van der Waals surface area contributed by atoms with Gasteiger partial charge >= 0.3 is 0 Å². The smallest absolute Gasteiger partial charge is 0.234 e. The molecule has 1 rings (SSSR count). The molecule has 17 heavy (non-hydrogen) atoms. The molecular weight excluding hydrogens is 284 g/mol. The Bertz CT molecular complexity index is 358. The summed E-state index contributed by atoms with van der Waals surface area (Å²) in [6.07, 6.45) is 0. The Balaban J connectivity index is 2.17. The molecule has 2 N–H and O–H groups in total. The van der Waals surface area contributed by atoms with Gasteiger partial charge in [0.2, 0.25) is 5.91 Å². The summed E-state index contributed by atoms with van der Waals surface area (Å²) < 4.78 is 5.88. The number of methoxy groups -OCH3 is 1. The first-order valence-electron chi connectivity index (χ1n) is 5.43. The van der Waals surface area contributed by atoms with Gasteiger partial charge in [-0.25, -0.2) is 0 Å². The second-order valence-electron chi connectivity index (χ2n) is 3.58. The average molecular weight is 301 g/mol. The van der Waals surface area contributed by atoms with Crippen LogP contribution >= 0.6 is 15.9 Å². The quantitative estimate of drug-likeness (QED) is 0.747. The Morgan fingerprint density at radius 2 is 2.29 bits per heavy atom. The number of hydrogen-bond acceptors (Lipinski definition) is 3. The highest BCUT2D eigenvalue weighted by atomic mass is 79.9. The molecule has 0 bridgehead atoms. The van der Waals surface area contributed by atoms with E-state index in [1.165, 1.54) is 0 Å². The van der Waals surface area contributed by atoms with Gasteiger partial charge < -0.3 is 15.4 Å². The molecule has 0 saturated carbocycles. The predicted octanol–water partition coefficient (Wildman–Crippen LogP) is 1.30. The van der Waals surface area contributed by atoms with Crippen LogP contribution in [-0.2, 0) is 16.1 Å². The van der Waals surface area contributed by atoms with Gasteiger partial charge in [-0.3, -0.25) is 4.79 Å². The summed E-state index contributed by atoms with van der Waals surface area (Å²) in [6, 6.07) is 7.98. The Labute approximate surface area is 110 Å². The molecule has 1 amide bonds. The van der Waals surface area contributed by atoms with Gasteiger partial charge in [-0.2, -0.15) is 0 Å². The summed E-state index contributed by atoms with van der Waals surface area (Å²) in [5.41, 5.74) is 1.14. The lowest BCUT2D eigenvalue weighted by molar-refractivity contribution is -0.120. The molecule has 0 aliphatic rings. The molecule has 0 aliphatic heterocycles. The Morgan fingerprint density at radius 1 is 1.47 bits per heavy atom. The molecule has 4 nitrogen and oxygen atoms in total. The number of carbonyl (C=O) groups is 1. The Kier molecular flexibility index (Phi) is 6.84. The molecule has 94 valence electrons. The molecule has 0 saturated heterocycles. The van der Waals surface area contributed by atoms with Crippen molar-refractivity contribution in [3.05, 3.63) is 34.3 Å². The van der Waals surface area contributed by atoms with E-state index in [9.17, 15) is 4.79 Å². The number of benzene rings is 1. The third-order valence-electron chi connectivity index (χ3n) is 2.13. The monoisotopic (exact) mass is 300 g/mol. The predicted molar refractivity (Wildman–Crippen MR) is 70.7 cm³/mol. The van der Waals surface area contributed by atoms with E-state index < -0.39 is 0 Å². The first-order valence-corrected chi connectivity index (χ1v) is 6.22. The van der Waals surface area contributed by atoms with Crippen molar-refractivity contribution in [3.8, 4) is 0 Å². The van der Waals surface area contributed by atoms with Crippen molar-refractivity contribution in [2.45, 2.75) is 6.54 Å². The van der Waals surface area contributed by atoms with Gasteiger partial charge in [-0.15, -0.1) is 0 Å². The van der Waals surface area contributed by atoms with Crippen molar-refractivity contribution in [3.63, 3.8) is 0 Å². The van der Waals surface area contributed by atoms with Crippen molar-refractivity contribution < 1.29 is 9.53 Å². The van der Waals surface area contributed by atoms with E-state index in [0.29, 0.717) is 26.2 Å². The first kappa shape index (κ1) is 14.2. The van der Waals surface area contributed by atoms with Crippen LogP contribution in [0.4, 0.5) is 0 Å². The number of rotatable bonds is 7. The summed E-state index contributed by atoms with van der Waals surface area (Å²) in [7, 11) is 1.61. The van der Waals surface area contributed by atoms with Crippen LogP contribution in [0.25, 0.3) is 0 Å². The Hall–Kier alpha value is -0.910. The molecule has 0 aliphatic carbocycles. The highest BCUT2D eigenvalue weighted by Crippen LogP contribution is 2.10. The zero-order valence-electron chi connectivity index (χ0n) is 9.83. The summed E-state index contributed by atoms with van der Waals surface area (Å²) in [5.74, 6) is -0.0166. The maximum absolute atomic E-state index is 11.3. The highest BCUT2D eigenvalue weighted by molar-refractivity contribution is 9.10. The highest BCUT2D eigenvalue weighted by Gasteiger charge is 1.99. The normalized spacial score (nSPS) is 10.2. The lowest BCUT2D eigenvalue weighted by Crippen LogP contribution is -2.35. The fourth-order valence-electron chi connectivity index (χ4n) is 1.32. The molecule has 0 fully saturated rings. The summed E-state index contributed by atoms with van der Waals surface area (Å²) in [6.45, 7) is 2.08. The van der Waals surface area contributed by atoms with Crippen LogP contribution in [0.1, 0.15) is 5.56 Å². The lowest BCUT2D eigenvalue weighted by atomic mass is 10.2. The van der Waals surface area contributed by atoms with Crippen LogP contribution in [0.3, 0.4) is 0 Å². The molecule has 0 radical (unpaired) electrons. The van der Waals surface area contributed by atoms with Gasteiger partial charge in [0.05, 0.1) is 13.2 Å². The average Bonchev–Trinajstić information content (AvgIpc) is 2.29. The number of nitrogens with one attached hydrogen (secondary N) is 2. The van der Waals surface area contributed by atoms with Crippen molar-refractivity contribution in [1.82, 2.24) is 10.6 Å². The SMILES string of the molecule is COCCNC(=O)CNCc1cccc(Br)c1. The summed E-state index contributed by atoms with van der Waals surface area (Å²) in [4.78, 5) is 11.3. The summed E-state index contributed by atoms with van der Waals surface area (Å²) in [5, 5.41) is 5.83. The van der Waals surface area contributed by atoms with Crippen LogP contribution in [0.5, 0.6) is 0 Å². The molecule has 1 aromatic carbocycles. The Morgan fingerprint density at radius 3 is 3.00 bits per heavy atom. The van der Waals surface area contributed by atoms with Gasteiger partial charge in [0.1, 0.15) is 0 Å². The van der Waals surface area contributed by atoms with E-state index in [1.54, 1.807) is 7.11 Å². The minimum Gasteiger partial charge on any atom is -0.383 e. The topological polar surface area (TPSA) is 50.4 Å². The number of ether oxygens (including phenoxy) is 1. The fraction of sp³-hybridized carbons (Fsp3) is 0.417. The number of carbonyl (C=O) groups excluding carboxylic acids is 1. The van der Waals surface area contributed by atoms with Crippen LogP contribution in [-0.4, -0.2) is 32.7 Å². The fourth-order valence-corrected chi connectivity index (χ4v) is 1.77. The molecule has 1 aromatic rings. The first-order chi connectivity index (χ1) is 8.22. The lowest BCUT2D eigenvalue weighted by Gasteiger charge is -2.06. The van der Waals surface area contributed by atoms with E-state index in [4.69, 9.17) is 4.74 Å². The second-order valence-corrected chi connectivity index (χ2v) is 4.49. The summed E-state index contributed by atoms with van der Waals surface area (Å²) >= 11 is 3.40. The van der Waals surface area contributed by atoms with Crippen molar-refractivity contribution in [2.75, 3.05) is 26.8 Å². The minimum absolute atomic E-state index is 0.0166. The van der Waals surface area contributed by atoms with E-state index >= 15 is 0 Å². The number of amides is 1. The third-order valence-corrected chi connectivity index (χ3v) is 2.63. The van der Waals surface area contributed by atoms with E-state index in [0.717, 1.165) is 10.0 Å². The number of hydrogen-bond donors (Lipinski definition) is 2. The van der Waals surface area contributed by atoms with Crippen molar-refractivity contribution >= 4 is 21.8 Å². The maximum atomic E-state index is 11.3. The minimum atomic E-state index is -0.0166. The van der Waals surface area contributed by atoms with Gasteiger partial charge in [-0.1, -0.05) is 28.1 Å². The molecule has 0 heterocycles. The van der Waals surface area contributed by atoms with Gasteiger partial charge in [0.15, 0.2) is 0 Å². The zero-order chi connectivity index (χ0) is 12.5. The van der Waals surface area contributed by atoms with Crippen molar-refractivity contribution in [1.29, 1.82) is 0 Å². The number of halogens is 1. The molecule has 0 atom stereocenters. The second kappa shape index (κ2) is 8.22. The van der Waals surface area contributed by atoms with Gasteiger partial charge in [0.25, 0.3) is 0 Å². The van der Waals surface area contributed by atoms with E-state index in [1.807, 2.05) is 24.3 Å². The third kappa shape index (κ3) is 6.41. The van der Waals surface area contributed by atoms with Crippen LogP contribution in [0, 0.1) is 0 Å². The molecule has 0 spiro atoms. The van der Waals surface area contributed by atoms with Crippen LogP contribution < -0.4 is 10.6 Å². The van der Waals surface area contributed by atoms with E-state index in [-0.39, 0.29) is 5.91 Å². The molecule has 0 aromatic heterocycles. The zero-order valence-corrected chi connectivity index (χ0v) is 11.4. The van der Waals surface area contributed by atoms with E-state index in [2.05, 4.69) is 26.6 Å². The van der Waals surface area contributed by atoms with Gasteiger partial charge in [-0.05, 0) is 17.7 Å². The standard InChI is InChI=1S/C12H17BrN2O2/c1-17-6-5-15-12(16)9-14-8-10-3-2-4-11(13)7-10/h2-4,7,14H,5-6,8-9H2,1H3,(H,15,16). The van der Waals surface area contributed by atoms with Crippen LogP contribution in [0.2, 0.25) is 0 Å². The van der Waals surface area contributed by atoms with Gasteiger partial charge in [0, 0.05) is 24.7 Å².